The monoisotopic (exact) mass is 395 g/mol. The summed E-state index contributed by atoms with van der Waals surface area (Å²) in [4.78, 5) is 24.9. The van der Waals surface area contributed by atoms with Crippen LogP contribution < -0.4 is 10.6 Å². The van der Waals surface area contributed by atoms with E-state index in [1.807, 2.05) is 66.9 Å². The number of carbonyl (C=O) groups excluding carboxylic acids is 1. The summed E-state index contributed by atoms with van der Waals surface area (Å²) in [7, 11) is 0. The van der Waals surface area contributed by atoms with E-state index in [9.17, 15) is 4.79 Å². The van der Waals surface area contributed by atoms with Crippen LogP contribution in [0.4, 0.5) is 17.5 Å². The second-order valence-electron chi connectivity index (χ2n) is 6.80. The van der Waals surface area contributed by atoms with E-state index in [-0.39, 0.29) is 5.78 Å². The highest BCUT2D eigenvalue weighted by Gasteiger charge is 2.08. The predicted molar refractivity (Wildman–Crippen MR) is 119 cm³/mol. The first kappa shape index (κ1) is 19.3. The number of carbonyl (C=O) groups is 1. The van der Waals surface area contributed by atoms with Crippen LogP contribution in [0, 0.1) is 0 Å². The smallest absolute Gasteiger partial charge is 0.225 e. The molecule has 4 aromatic rings. The van der Waals surface area contributed by atoms with Crippen molar-refractivity contribution in [2.24, 2.45) is 0 Å². The zero-order valence-electron chi connectivity index (χ0n) is 16.5. The standard InChI is InChI=1S/C24H21N5O/c1-17(30)19-9-11-21(12-10-19)27-23-14-22(20-7-3-2-4-8-20)28-24(29-23)26-16-18-6-5-13-25-15-18/h2-15H,16H2,1H3,(H2,26,27,28,29). The van der Waals surface area contributed by atoms with Crippen molar-refractivity contribution >= 4 is 23.2 Å². The summed E-state index contributed by atoms with van der Waals surface area (Å²) < 4.78 is 0. The first-order valence-electron chi connectivity index (χ1n) is 9.63. The number of nitrogens with one attached hydrogen (secondary N) is 2. The molecular formula is C24H21N5O. The summed E-state index contributed by atoms with van der Waals surface area (Å²) in [5.74, 6) is 1.22. The van der Waals surface area contributed by atoms with E-state index in [0.29, 0.717) is 23.9 Å². The van der Waals surface area contributed by atoms with Gasteiger partial charge >= 0.3 is 0 Å². The van der Waals surface area contributed by atoms with Crippen molar-refractivity contribution in [3.63, 3.8) is 0 Å². The summed E-state index contributed by atoms with van der Waals surface area (Å²) in [6, 6.07) is 23.1. The molecule has 0 bridgehead atoms. The fraction of sp³-hybridized carbons (Fsp3) is 0.0833. The minimum absolute atomic E-state index is 0.0387. The molecule has 0 unspecified atom stereocenters. The minimum Gasteiger partial charge on any atom is -0.350 e. The molecular weight excluding hydrogens is 374 g/mol. The molecule has 0 atom stereocenters. The summed E-state index contributed by atoms with van der Waals surface area (Å²) in [6.45, 7) is 2.12. The molecule has 0 amide bonds. The molecule has 0 saturated heterocycles. The van der Waals surface area contributed by atoms with Gasteiger partial charge in [0.15, 0.2) is 5.78 Å². The molecule has 0 aliphatic rings. The van der Waals surface area contributed by atoms with Gasteiger partial charge in [-0.3, -0.25) is 9.78 Å². The van der Waals surface area contributed by atoms with Crippen LogP contribution in [-0.4, -0.2) is 20.7 Å². The van der Waals surface area contributed by atoms with Gasteiger partial charge in [0.2, 0.25) is 5.95 Å². The molecule has 2 aromatic heterocycles. The summed E-state index contributed by atoms with van der Waals surface area (Å²) >= 11 is 0. The van der Waals surface area contributed by atoms with Gasteiger partial charge in [-0.05, 0) is 42.8 Å². The largest absolute Gasteiger partial charge is 0.350 e. The zero-order chi connectivity index (χ0) is 20.8. The molecule has 0 aliphatic heterocycles. The van der Waals surface area contributed by atoms with Crippen LogP contribution in [0.25, 0.3) is 11.3 Å². The fourth-order valence-electron chi connectivity index (χ4n) is 2.97. The lowest BCUT2D eigenvalue weighted by Gasteiger charge is -2.12. The van der Waals surface area contributed by atoms with Crippen LogP contribution >= 0.6 is 0 Å². The minimum atomic E-state index is 0.0387. The van der Waals surface area contributed by atoms with E-state index in [0.717, 1.165) is 22.5 Å². The number of Topliss-reactive ketones (excluding diaryl/α,β-unsaturated/α-hetero) is 1. The third-order valence-corrected chi connectivity index (χ3v) is 4.53. The SMILES string of the molecule is CC(=O)c1ccc(Nc2cc(-c3ccccc3)nc(NCc3cccnc3)n2)cc1. The molecule has 30 heavy (non-hydrogen) atoms. The quantitative estimate of drug-likeness (QED) is 0.424. The second kappa shape index (κ2) is 8.96. The third kappa shape index (κ3) is 4.86. The van der Waals surface area contributed by atoms with Crippen LogP contribution in [0.15, 0.2) is 85.2 Å². The molecule has 2 aromatic carbocycles. The highest BCUT2D eigenvalue weighted by atomic mass is 16.1. The van der Waals surface area contributed by atoms with Gasteiger partial charge in [0.25, 0.3) is 0 Å². The first-order chi connectivity index (χ1) is 14.7. The molecule has 6 heteroatoms. The lowest BCUT2D eigenvalue weighted by molar-refractivity contribution is 0.101. The lowest BCUT2D eigenvalue weighted by atomic mass is 10.1. The molecule has 148 valence electrons. The van der Waals surface area contributed by atoms with Crippen LogP contribution in [-0.2, 0) is 6.54 Å². The Bertz CT molecular complexity index is 1130. The molecule has 0 aliphatic carbocycles. The van der Waals surface area contributed by atoms with Gasteiger partial charge in [-0.2, -0.15) is 4.98 Å². The fourth-order valence-corrected chi connectivity index (χ4v) is 2.97. The number of hydrogen-bond acceptors (Lipinski definition) is 6. The van der Waals surface area contributed by atoms with Crippen molar-refractivity contribution < 1.29 is 4.79 Å². The van der Waals surface area contributed by atoms with E-state index in [1.165, 1.54) is 0 Å². The van der Waals surface area contributed by atoms with Crippen molar-refractivity contribution in [1.82, 2.24) is 15.0 Å². The number of benzene rings is 2. The Morgan fingerprint density at radius 1 is 0.933 bits per heavy atom. The van der Waals surface area contributed by atoms with Crippen molar-refractivity contribution in [1.29, 1.82) is 0 Å². The van der Waals surface area contributed by atoms with Crippen molar-refractivity contribution in [3.05, 3.63) is 96.3 Å². The maximum Gasteiger partial charge on any atom is 0.225 e. The Kier molecular flexibility index (Phi) is 5.75. The van der Waals surface area contributed by atoms with Gasteiger partial charge in [0.1, 0.15) is 5.82 Å². The van der Waals surface area contributed by atoms with Crippen LogP contribution in [0.1, 0.15) is 22.8 Å². The van der Waals surface area contributed by atoms with Crippen molar-refractivity contribution in [3.8, 4) is 11.3 Å². The molecule has 4 rings (SSSR count). The van der Waals surface area contributed by atoms with Crippen molar-refractivity contribution in [2.75, 3.05) is 10.6 Å². The van der Waals surface area contributed by atoms with Crippen LogP contribution in [0.5, 0.6) is 0 Å². The first-order valence-corrected chi connectivity index (χ1v) is 9.63. The molecule has 2 N–H and O–H groups in total. The molecule has 0 saturated carbocycles. The normalized spacial score (nSPS) is 10.4. The predicted octanol–water partition coefficient (Wildman–Crippen LogP) is 5.10. The number of ketones is 1. The van der Waals surface area contributed by atoms with Gasteiger partial charge in [-0.15, -0.1) is 0 Å². The van der Waals surface area contributed by atoms with Gasteiger partial charge < -0.3 is 10.6 Å². The number of anilines is 3. The van der Waals surface area contributed by atoms with Gasteiger partial charge in [0, 0.05) is 41.8 Å². The number of hydrogen-bond donors (Lipinski definition) is 2. The zero-order valence-corrected chi connectivity index (χ0v) is 16.5. The van der Waals surface area contributed by atoms with Crippen LogP contribution in [0.2, 0.25) is 0 Å². The van der Waals surface area contributed by atoms with Crippen molar-refractivity contribution in [2.45, 2.75) is 13.5 Å². The number of pyridine rings is 1. The highest BCUT2D eigenvalue weighted by molar-refractivity contribution is 5.94. The lowest BCUT2D eigenvalue weighted by Crippen LogP contribution is -2.06. The average Bonchev–Trinajstić information content (AvgIpc) is 2.79. The highest BCUT2D eigenvalue weighted by Crippen LogP contribution is 2.24. The Balaban J connectivity index is 1.62. The molecule has 0 radical (unpaired) electrons. The molecule has 6 nitrogen and oxygen atoms in total. The van der Waals surface area contributed by atoms with E-state index >= 15 is 0 Å². The van der Waals surface area contributed by atoms with Gasteiger partial charge in [0.05, 0.1) is 5.69 Å². The Morgan fingerprint density at radius 3 is 2.43 bits per heavy atom. The van der Waals surface area contributed by atoms with Crippen LogP contribution in [0.3, 0.4) is 0 Å². The number of rotatable bonds is 7. The van der Waals surface area contributed by atoms with Gasteiger partial charge in [-0.1, -0.05) is 36.4 Å². The maximum atomic E-state index is 11.5. The molecule has 0 fully saturated rings. The van der Waals surface area contributed by atoms with E-state index < -0.39 is 0 Å². The Hall–Kier alpha value is -4.06. The summed E-state index contributed by atoms with van der Waals surface area (Å²) in [5, 5.41) is 6.58. The topological polar surface area (TPSA) is 79.8 Å². The number of nitrogens with zero attached hydrogens (tertiary/aromatic N) is 3. The summed E-state index contributed by atoms with van der Waals surface area (Å²) in [6.07, 6.45) is 3.55. The number of aromatic nitrogens is 3. The molecule has 0 spiro atoms. The third-order valence-electron chi connectivity index (χ3n) is 4.53. The Labute approximate surface area is 175 Å². The van der Waals surface area contributed by atoms with E-state index in [2.05, 4.69) is 25.6 Å². The second-order valence-corrected chi connectivity index (χ2v) is 6.80. The van der Waals surface area contributed by atoms with E-state index in [1.54, 1.807) is 25.3 Å². The average molecular weight is 395 g/mol. The Morgan fingerprint density at radius 2 is 1.73 bits per heavy atom. The summed E-state index contributed by atoms with van der Waals surface area (Å²) in [5.41, 5.74) is 4.37. The van der Waals surface area contributed by atoms with Gasteiger partial charge in [-0.25, -0.2) is 4.98 Å². The molecule has 2 heterocycles. The maximum absolute atomic E-state index is 11.5. The van der Waals surface area contributed by atoms with E-state index in [4.69, 9.17) is 0 Å².